The van der Waals surface area contributed by atoms with Crippen LogP contribution in [0.25, 0.3) is 0 Å². The maximum Gasteiger partial charge on any atom is 0.237 e. The Labute approximate surface area is 145 Å². The zero-order valence-electron chi connectivity index (χ0n) is 13.8. The van der Waals surface area contributed by atoms with Crippen LogP contribution in [0.3, 0.4) is 0 Å². The van der Waals surface area contributed by atoms with Gasteiger partial charge >= 0.3 is 0 Å². The molecule has 23 heavy (non-hydrogen) atoms. The van der Waals surface area contributed by atoms with Crippen molar-refractivity contribution in [3.8, 4) is 0 Å². The summed E-state index contributed by atoms with van der Waals surface area (Å²) in [6.45, 7) is 8.86. The molecule has 2 rings (SSSR count). The van der Waals surface area contributed by atoms with Crippen molar-refractivity contribution in [1.29, 1.82) is 0 Å². The van der Waals surface area contributed by atoms with Gasteiger partial charge in [-0.15, -0.1) is 10.2 Å². The third-order valence-corrected chi connectivity index (χ3v) is 5.30. The molecule has 1 heterocycles. The van der Waals surface area contributed by atoms with Gasteiger partial charge in [0.05, 0.1) is 5.25 Å². The van der Waals surface area contributed by atoms with Crippen LogP contribution in [-0.2, 0) is 4.79 Å². The monoisotopic (exact) mass is 350 g/mol. The Balaban J connectivity index is 1.94. The largest absolute Gasteiger partial charge is 0.360 e. The molecule has 124 valence electrons. The third kappa shape index (κ3) is 5.21. The zero-order chi connectivity index (χ0) is 16.8. The van der Waals surface area contributed by atoms with Gasteiger partial charge in [-0.2, -0.15) is 0 Å². The summed E-state index contributed by atoms with van der Waals surface area (Å²) in [4.78, 5) is 12.4. The average Bonchev–Trinajstić information content (AvgIpc) is 2.96. The van der Waals surface area contributed by atoms with E-state index < -0.39 is 0 Å². The summed E-state index contributed by atoms with van der Waals surface area (Å²) in [7, 11) is 0. The normalized spacial score (nSPS) is 12.0. The van der Waals surface area contributed by atoms with E-state index in [1.165, 1.54) is 23.1 Å². The first-order valence-corrected chi connectivity index (χ1v) is 9.31. The summed E-state index contributed by atoms with van der Waals surface area (Å²) < 4.78 is 0.798. The molecule has 0 saturated heterocycles. The van der Waals surface area contributed by atoms with E-state index in [4.69, 9.17) is 0 Å². The van der Waals surface area contributed by atoms with Gasteiger partial charge in [-0.3, -0.25) is 4.79 Å². The standard InChI is InChI=1S/C16H22N4OS2/c1-5-8-17-15-19-20-16(23-15)22-12(4)14(21)18-13-9-10(2)6-7-11(13)3/h6-7,9,12H,5,8H2,1-4H3,(H,17,19)(H,18,21). The third-order valence-electron chi connectivity index (χ3n) is 3.23. The fraction of sp³-hybridized carbons (Fsp3) is 0.438. The lowest BCUT2D eigenvalue weighted by Crippen LogP contribution is -2.22. The Morgan fingerprint density at radius 3 is 2.87 bits per heavy atom. The highest BCUT2D eigenvalue weighted by molar-refractivity contribution is 8.02. The molecule has 5 nitrogen and oxygen atoms in total. The number of carbonyl (C=O) groups is 1. The van der Waals surface area contributed by atoms with E-state index in [2.05, 4.69) is 27.8 Å². The second-order valence-electron chi connectivity index (χ2n) is 5.37. The molecule has 1 unspecified atom stereocenters. The molecule has 7 heteroatoms. The highest BCUT2D eigenvalue weighted by Crippen LogP contribution is 2.29. The first-order valence-electron chi connectivity index (χ1n) is 7.61. The van der Waals surface area contributed by atoms with Gasteiger partial charge in [0, 0.05) is 12.2 Å². The van der Waals surface area contributed by atoms with Crippen LogP contribution in [0.5, 0.6) is 0 Å². The van der Waals surface area contributed by atoms with Crippen molar-refractivity contribution in [2.45, 2.75) is 43.7 Å². The van der Waals surface area contributed by atoms with Crippen molar-refractivity contribution < 1.29 is 4.79 Å². The van der Waals surface area contributed by atoms with Crippen LogP contribution < -0.4 is 10.6 Å². The fourth-order valence-electron chi connectivity index (χ4n) is 1.87. The van der Waals surface area contributed by atoms with Crippen molar-refractivity contribution in [1.82, 2.24) is 10.2 Å². The lowest BCUT2D eigenvalue weighted by Gasteiger charge is -2.12. The predicted molar refractivity (Wildman–Crippen MR) is 98.6 cm³/mol. The van der Waals surface area contributed by atoms with E-state index in [0.29, 0.717) is 0 Å². The van der Waals surface area contributed by atoms with Gasteiger partial charge < -0.3 is 10.6 Å². The summed E-state index contributed by atoms with van der Waals surface area (Å²) in [6, 6.07) is 6.04. The van der Waals surface area contributed by atoms with Gasteiger partial charge in [0.2, 0.25) is 11.0 Å². The van der Waals surface area contributed by atoms with Gasteiger partial charge in [0.25, 0.3) is 0 Å². The van der Waals surface area contributed by atoms with E-state index in [9.17, 15) is 4.79 Å². The highest BCUT2D eigenvalue weighted by atomic mass is 32.2. The molecule has 1 aromatic heterocycles. The number of thioether (sulfide) groups is 1. The van der Waals surface area contributed by atoms with Crippen LogP contribution in [0.15, 0.2) is 22.5 Å². The van der Waals surface area contributed by atoms with Gasteiger partial charge in [-0.05, 0) is 44.4 Å². The molecule has 1 atom stereocenters. The fourth-order valence-corrected chi connectivity index (χ4v) is 3.79. The Kier molecular flexibility index (Phi) is 6.41. The molecule has 0 fully saturated rings. The minimum absolute atomic E-state index is 0.0260. The molecular weight excluding hydrogens is 328 g/mol. The van der Waals surface area contributed by atoms with E-state index >= 15 is 0 Å². The number of hydrogen-bond acceptors (Lipinski definition) is 6. The maximum absolute atomic E-state index is 12.4. The van der Waals surface area contributed by atoms with E-state index in [-0.39, 0.29) is 11.2 Å². The van der Waals surface area contributed by atoms with Crippen LogP contribution in [0, 0.1) is 13.8 Å². The molecule has 0 radical (unpaired) electrons. The van der Waals surface area contributed by atoms with Crippen molar-refractivity contribution >= 4 is 39.8 Å². The Morgan fingerprint density at radius 1 is 1.35 bits per heavy atom. The summed E-state index contributed by atoms with van der Waals surface area (Å²) in [5, 5.41) is 15.0. The number of amides is 1. The second-order valence-corrected chi connectivity index (χ2v) is 7.93. The predicted octanol–water partition coefficient (Wildman–Crippen LogP) is 4.10. The molecule has 0 spiro atoms. The molecule has 0 saturated carbocycles. The summed E-state index contributed by atoms with van der Waals surface area (Å²) in [6.07, 6.45) is 1.04. The molecule has 0 bridgehead atoms. The number of rotatable bonds is 7. The highest BCUT2D eigenvalue weighted by Gasteiger charge is 2.18. The minimum atomic E-state index is -0.234. The van der Waals surface area contributed by atoms with Gasteiger partial charge in [0.15, 0.2) is 4.34 Å². The molecule has 1 amide bonds. The topological polar surface area (TPSA) is 66.9 Å². The molecular formula is C16H22N4OS2. The molecule has 1 aromatic carbocycles. The van der Waals surface area contributed by atoms with Crippen molar-refractivity contribution in [2.75, 3.05) is 17.2 Å². The van der Waals surface area contributed by atoms with Gasteiger partial charge in [-0.25, -0.2) is 0 Å². The SMILES string of the molecule is CCCNc1nnc(SC(C)C(=O)Nc2cc(C)ccc2C)s1. The van der Waals surface area contributed by atoms with Gasteiger partial charge in [-0.1, -0.05) is 42.2 Å². The Hall–Kier alpha value is -1.60. The van der Waals surface area contributed by atoms with Crippen molar-refractivity contribution in [3.63, 3.8) is 0 Å². The molecule has 0 aliphatic carbocycles. The Morgan fingerprint density at radius 2 is 2.13 bits per heavy atom. The average molecular weight is 351 g/mol. The number of nitrogens with one attached hydrogen (secondary N) is 2. The number of aryl methyl sites for hydroxylation is 2. The molecule has 2 N–H and O–H groups in total. The van der Waals surface area contributed by atoms with Crippen LogP contribution in [0.4, 0.5) is 10.8 Å². The lowest BCUT2D eigenvalue weighted by molar-refractivity contribution is -0.115. The number of carbonyl (C=O) groups excluding carboxylic acids is 1. The van der Waals surface area contributed by atoms with Gasteiger partial charge in [0.1, 0.15) is 0 Å². The number of nitrogens with zero attached hydrogens (tertiary/aromatic N) is 2. The van der Waals surface area contributed by atoms with Crippen LogP contribution in [0.2, 0.25) is 0 Å². The van der Waals surface area contributed by atoms with Crippen LogP contribution >= 0.6 is 23.1 Å². The smallest absolute Gasteiger partial charge is 0.237 e. The van der Waals surface area contributed by atoms with Crippen molar-refractivity contribution in [2.24, 2.45) is 0 Å². The Bertz CT molecular complexity index is 672. The molecule has 0 aliphatic heterocycles. The summed E-state index contributed by atoms with van der Waals surface area (Å²) >= 11 is 2.91. The second kappa shape index (κ2) is 8.31. The van der Waals surface area contributed by atoms with Crippen LogP contribution in [0.1, 0.15) is 31.4 Å². The number of anilines is 2. The quantitative estimate of drug-likeness (QED) is 0.736. The van der Waals surface area contributed by atoms with Crippen molar-refractivity contribution in [3.05, 3.63) is 29.3 Å². The van der Waals surface area contributed by atoms with E-state index in [0.717, 1.165) is 39.3 Å². The number of benzene rings is 1. The van der Waals surface area contributed by atoms with E-state index in [1.54, 1.807) is 0 Å². The number of hydrogen-bond donors (Lipinski definition) is 2. The lowest BCUT2D eigenvalue weighted by atomic mass is 10.1. The minimum Gasteiger partial charge on any atom is -0.360 e. The van der Waals surface area contributed by atoms with Crippen LogP contribution in [-0.4, -0.2) is 27.9 Å². The zero-order valence-corrected chi connectivity index (χ0v) is 15.5. The first-order chi connectivity index (χ1) is 11.0. The van der Waals surface area contributed by atoms with E-state index in [1.807, 2.05) is 39.0 Å². The summed E-state index contributed by atoms with van der Waals surface area (Å²) in [5.74, 6) is -0.0260. The first kappa shape index (κ1) is 17.7. The summed E-state index contributed by atoms with van der Waals surface area (Å²) in [5.41, 5.74) is 3.05. The molecule has 2 aromatic rings. The molecule has 0 aliphatic rings. The number of aromatic nitrogens is 2. The maximum atomic E-state index is 12.4.